The number of fused-ring (bicyclic) bond motifs is 5. The number of Topliss-reactive ketones (excluding diaryl/α,β-unsaturated/α-hetero) is 1. The lowest BCUT2D eigenvalue weighted by atomic mass is 9.73. The molecule has 2 bridgehead atoms. The van der Waals surface area contributed by atoms with Crippen molar-refractivity contribution < 1.29 is 53.1 Å². The first-order valence-electron chi connectivity index (χ1n) is 20.9. The maximum absolute atomic E-state index is 14.5. The van der Waals surface area contributed by atoms with Gasteiger partial charge in [0, 0.05) is 54.7 Å². The van der Waals surface area contributed by atoms with Gasteiger partial charge in [-0.15, -0.1) is 0 Å². The molecule has 17 heteroatoms. The number of rotatable bonds is 8. The van der Waals surface area contributed by atoms with Crippen molar-refractivity contribution in [1.29, 1.82) is 0 Å². The number of aliphatic hydroxyl groups excluding tert-OH is 1. The number of nitrogens with zero attached hydrogens (tertiary/aromatic N) is 6. The summed E-state index contributed by atoms with van der Waals surface area (Å²) >= 11 is 0. The van der Waals surface area contributed by atoms with E-state index in [9.17, 15) is 24.6 Å². The number of hydrogen-bond acceptors (Lipinski definition) is 15. The fourth-order valence-electron chi connectivity index (χ4n) is 8.85. The number of esters is 1. The standard InChI is InChI=1S/C43H64N6O11/c1-12-33-43(9,54)39-26(4)35(46-29(7)50)24(2)19-42(8,56-23-31(22-55-39)47-57-21-30-14-15-34(44-20-30)49-17-13-16-45-49)38(27(5)36(51)28(6)40(53)59-33)60-41-37(52)32(48(10)11)18-25(3)58-41/h13-17,20,24-28,32-33,37-39,41,52,54H,12,18-19,21-23H2,1-11H3/b46-35?,47-31+/t24-,25-,26+,27+,28-,32+,33-,37-,38-,39+,41+,42-,43-/m1/s1. The van der Waals surface area contributed by atoms with Crippen LogP contribution in [0.5, 0.6) is 0 Å². The molecule has 0 unspecified atom stereocenters. The number of oxime groups is 1. The van der Waals surface area contributed by atoms with E-state index >= 15 is 0 Å². The summed E-state index contributed by atoms with van der Waals surface area (Å²) in [5.74, 6) is -4.71. The molecule has 332 valence electrons. The van der Waals surface area contributed by atoms with Gasteiger partial charge in [-0.1, -0.05) is 38.9 Å². The van der Waals surface area contributed by atoms with E-state index in [1.54, 1.807) is 63.1 Å². The van der Waals surface area contributed by atoms with Crippen molar-refractivity contribution in [3.8, 4) is 5.82 Å². The highest BCUT2D eigenvalue weighted by Crippen LogP contribution is 2.40. The third-order valence-corrected chi connectivity index (χ3v) is 12.1. The van der Waals surface area contributed by atoms with Crippen molar-refractivity contribution >= 4 is 29.1 Å². The number of ether oxygens (including phenoxy) is 5. The summed E-state index contributed by atoms with van der Waals surface area (Å²) in [6.45, 7) is 14.7. The third kappa shape index (κ3) is 10.7. The van der Waals surface area contributed by atoms with Gasteiger partial charge in [-0.3, -0.25) is 14.4 Å². The van der Waals surface area contributed by atoms with Crippen LogP contribution < -0.4 is 0 Å². The molecule has 3 fully saturated rings. The van der Waals surface area contributed by atoms with Gasteiger partial charge >= 0.3 is 5.97 Å². The lowest BCUT2D eigenvalue weighted by Gasteiger charge is -2.47. The molecule has 2 aromatic heterocycles. The first-order valence-corrected chi connectivity index (χ1v) is 20.9. The van der Waals surface area contributed by atoms with Crippen LogP contribution in [0, 0.1) is 23.7 Å². The first-order chi connectivity index (χ1) is 28.3. The zero-order chi connectivity index (χ0) is 44.1. The van der Waals surface area contributed by atoms with Gasteiger partial charge in [0.2, 0.25) is 5.91 Å². The second-order valence-electron chi connectivity index (χ2n) is 17.3. The van der Waals surface area contributed by atoms with Gasteiger partial charge in [0.15, 0.2) is 17.9 Å². The molecule has 1 amide bonds. The van der Waals surface area contributed by atoms with Crippen molar-refractivity contribution in [3.63, 3.8) is 0 Å². The van der Waals surface area contributed by atoms with E-state index < -0.39 is 83.2 Å². The van der Waals surface area contributed by atoms with Gasteiger partial charge in [0.25, 0.3) is 0 Å². The number of carbonyl (C=O) groups is 3. The molecule has 3 aliphatic heterocycles. The second kappa shape index (κ2) is 19.8. The van der Waals surface area contributed by atoms with Crippen molar-refractivity contribution in [2.24, 2.45) is 33.8 Å². The summed E-state index contributed by atoms with van der Waals surface area (Å²) in [6.07, 6.45) is -0.0360. The fraction of sp³-hybridized carbons (Fsp3) is 0.698. The third-order valence-electron chi connectivity index (χ3n) is 12.1. The Balaban J connectivity index is 1.63. The Morgan fingerprint density at radius 1 is 1.10 bits per heavy atom. The summed E-state index contributed by atoms with van der Waals surface area (Å²) < 4.78 is 34.1. The molecule has 17 nitrogen and oxygen atoms in total. The predicted octanol–water partition coefficient (Wildman–Crippen LogP) is 3.70. The summed E-state index contributed by atoms with van der Waals surface area (Å²) in [6, 6.07) is 5.13. The van der Waals surface area contributed by atoms with Crippen molar-refractivity contribution in [2.45, 2.75) is 142 Å². The molecule has 60 heavy (non-hydrogen) atoms. The Labute approximate surface area is 352 Å². The highest BCUT2D eigenvalue weighted by atomic mass is 16.7. The van der Waals surface area contributed by atoms with Crippen molar-refractivity contribution in [1.82, 2.24) is 19.7 Å². The molecule has 3 saturated heterocycles. The van der Waals surface area contributed by atoms with Crippen molar-refractivity contribution in [2.75, 3.05) is 27.3 Å². The average molecular weight is 841 g/mol. The zero-order valence-electron chi connectivity index (χ0n) is 36.8. The smallest absolute Gasteiger partial charge is 0.316 e. The summed E-state index contributed by atoms with van der Waals surface area (Å²) in [5.41, 5.74) is -1.84. The largest absolute Gasteiger partial charge is 0.459 e. The van der Waals surface area contributed by atoms with Gasteiger partial charge in [0.05, 0.1) is 37.1 Å². The quantitative estimate of drug-likeness (QED) is 0.221. The highest BCUT2D eigenvalue weighted by Gasteiger charge is 2.53. The van der Waals surface area contributed by atoms with Crippen LogP contribution in [0.4, 0.5) is 0 Å². The van der Waals surface area contributed by atoms with E-state index in [1.165, 1.54) is 20.8 Å². The minimum absolute atomic E-state index is 0.0440. The molecule has 2 aromatic rings. The minimum Gasteiger partial charge on any atom is -0.459 e. The van der Waals surface area contributed by atoms with Crippen LogP contribution in [0.2, 0.25) is 0 Å². The predicted molar refractivity (Wildman–Crippen MR) is 220 cm³/mol. The van der Waals surface area contributed by atoms with E-state index in [1.807, 2.05) is 38.9 Å². The Morgan fingerprint density at radius 3 is 2.45 bits per heavy atom. The van der Waals surface area contributed by atoms with Gasteiger partial charge < -0.3 is 43.6 Å². The Kier molecular flexibility index (Phi) is 15.6. The minimum atomic E-state index is -1.86. The Bertz CT molecular complexity index is 1840. The lowest BCUT2D eigenvalue weighted by molar-refractivity contribution is -0.296. The number of carbonyl (C=O) groups excluding carboxylic acids is 3. The second-order valence-corrected chi connectivity index (χ2v) is 17.3. The number of cyclic esters (lactones) is 1. The average Bonchev–Trinajstić information content (AvgIpc) is 3.74. The normalized spacial score (nSPS) is 37.6. The number of hydrogen-bond donors (Lipinski definition) is 2. The molecule has 5 heterocycles. The molecule has 13 atom stereocenters. The molecule has 0 aromatic carbocycles. The van der Waals surface area contributed by atoms with Crippen molar-refractivity contribution in [3.05, 3.63) is 42.4 Å². The van der Waals surface area contributed by atoms with Crippen LogP contribution in [0.25, 0.3) is 5.82 Å². The van der Waals surface area contributed by atoms with Crippen LogP contribution >= 0.6 is 0 Å². The number of aromatic nitrogens is 3. The van der Waals surface area contributed by atoms with Crippen LogP contribution in [0.1, 0.15) is 87.1 Å². The molecule has 0 aliphatic carbocycles. The van der Waals surface area contributed by atoms with Gasteiger partial charge in [0.1, 0.15) is 36.0 Å². The maximum atomic E-state index is 14.5. The molecule has 2 N–H and O–H groups in total. The Hall–Kier alpha value is -3.97. The number of likely N-dealkylation sites (N-methyl/N-ethyl adjacent to an activating group) is 1. The number of pyridine rings is 1. The van der Waals surface area contributed by atoms with E-state index in [2.05, 4.69) is 20.2 Å². The molecular formula is C43H64N6O11. The van der Waals surface area contributed by atoms with Crippen LogP contribution in [0.15, 0.2) is 46.9 Å². The van der Waals surface area contributed by atoms with Crippen LogP contribution in [-0.4, -0.2) is 140 Å². The molecule has 3 aliphatic rings. The lowest BCUT2D eigenvalue weighted by Crippen LogP contribution is -2.60. The zero-order valence-corrected chi connectivity index (χ0v) is 36.8. The highest BCUT2D eigenvalue weighted by molar-refractivity contribution is 6.00. The van der Waals surface area contributed by atoms with Gasteiger partial charge in [-0.05, 0) is 79.1 Å². The molecular weight excluding hydrogens is 777 g/mol. The number of aliphatic hydroxyl groups is 2. The van der Waals surface area contributed by atoms with Crippen LogP contribution in [0.3, 0.4) is 0 Å². The first kappa shape index (κ1) is 47.1. The van der Waals surface area contributed by atoms with Gasteiger partial charge in [-0.25, -0.2) is 14.7 Å². The van der Waals surface area contributed by atoms with E-state index in [4.69, 9.17) is 28.5 Å². The van der Waals surface area contributed by atoms with E-state index in [0.29, 0.717) is 18.0 Å². The fourth-order valence-corrected chi connectivity index (χ4v) is 8.85. The molecule has 0 spiro atoms. The number of ketones is 1. The van der Waals surface area contributed by atoms with E-state index in [-0.39, 0.29) is 50.5 Å². The summed E-state index contributed by atoms with van der Waals surface area (Å²) in [4.78, 5) is 58.0. The topological polar surface area (TPSA) is 206 Å². The SMILES string of the molecule is CC[C@H]1OC(=O)[C@H](C)C(=O)[C@H](C)[C@@H](O[C@@H]2O[C@H](C)C[C@H](N(C)C)[C@H]2O)[C@@]2(C)C[C@@H](C)C(=NC(C)=O)[C@H](C)[C@H](OC/C(=N\OCc3ccc(-n4cccn4)nc3)CO2)[C@]1(C)O. The summed E-state index contributed by atoms with van der Waals surface area (Å²) in [5, 5.41) is 32.8. The molecule has 5 rings (SSSR count). The number of aliphatic imine (C=N–C) groups is 1. The molecule has 0 saturated carbocycles. The monoisotopic (exact) mass is 840 g/mol. The van der Waals surface area contributed by atoms with Gasteiger partial charge in [-0.2, -0.15) is 5.10 Å². The molecule has 0 radical (unpaired) electrons. The Morgan fingerprint density at radius 2 is 1.83 bits per heavy atom. The number of amides is 1. The van der Waals surface area contributed by atoms with E-state index in [0.717, 1.165) is 5.56 Å². The maximum Gasteiger partial charge on any atom is 0.316 e. The summed E-state index contributed by atoms with van der Waals surface area (Å²) in [7, 11) is 3.73. The van der Waals surface area contributed by atoms with Crippen LogP contribution in [-0.2, 0) is 49.5 Å².